The number of ether oxygens (including phenoxy) is 1. The van der Waals surface area contributed by atoms with E-state index in [1.807, 2.05) is 61.6 Å². The number of hydrogen-bond donors (Lipinski definition) is 1. The van der Waals surface area contributed by atoms with Gasteiger partial charge in [-0.3, -0.25) is 9.59 Å². The van der Waals surface area contributed by atoms with Crippen LogP contribution in [0.2, 0.25) is 0 Å². The molecule has 1 atom stereocenters. The highest BCUT2D eigenvalue weighted by Gasteiger charge is 2.32. The zero-order valence-corrected chi connectivity index (χ0v) is 17.0. The van der Waals surface area contributed by atoms with E-state index in [1.165, 1.54) is 11.8 Å². The SMILES string of the molecule is COc1ccc(C2CC(=O)Nc3c2c(=O)nc(SCc2ccccc2)n3C)cc1. The van der Waals surface area contributed by atoms with Crippen molar-refractivity contribution in [3.63, 3.8) is 0 Å². The number of nitrogens with one attached hydrogen (secondary N) is 1. The van der Waals surface area contributed by atoms with Crippen molar-refractivity contribution in [2.45, 2.75) is 23.2 Å². The van der Waals surface area contributed by atoms with Crippen LogP contribution in [-0.2, 0) is 17.6 Å². The predicted octanol–water partition coefficient (Wildman–Crippen LogP) is 3.56. The summed E-state index contributed by atoms with van der Waals surface area (Å²) in [7, 11) is 3.43. The van der Waals surface area contributed by atoms with Gasteiger partial charge in [-0.1, -0.05) is 54.2 Å². The molecule has 0 bridgehead atoms. The molecule has 0 saturated carbocycles. The minimum atomic E-state index is -0.330. The lowest BCUT2D eigenvalue weighted by Crippen LogP contribution is -2.33. The van der Waals surface area contributed by atoms with E-state index in [0.717, 1.165) is 16.9 Å². The normalized spacial score (nSPS) is 15.5. The summed E-state index contributed by atoms with van der Waals surface area (Å²) >= 11 is 1.47. The maximum atomic E-state index is 12.9. The molecule has 1 unspecified atom stereocenters. The van der Waals surface area contributed by atoms with Crippen LogP contribution in [0.4, 0.5) is 5.82 Å². The molecule has 1 aliphatic heterocycles. The van der Waals surface area contributed by atoms with E-state index in [1.54, 1.807) is 11.7 Å². The smallest absolute Gasteiger partial charge is 0.279 e. The topological polar surface area (TPSA) is 73.2 Å². The first-order valence-electron chi connectivity index (χ1n) is 9.28. The molecule has 2 heterocycles. The number of fused-ring (bicyclic) bond motifs is 1. The molecule has 0 saturated heterocycles. The van der Waals surface area contributed by atoms with Gasteiger partial charge in [-0.05, 0) is 23.3 Å². The highest BCUT2D eigenvalue weighted by molar-refractivity contribution is 7.98. The molecule has 7 heteroatoms. The first-order chi connectivity index (χ1) is 14.1. The molecule has 1 amide bonds. The summed E-state index contributed by atoms with van der Waals surface area (Å²) in [6, 6.07) is 17.5. The molecule has 4 rings (SSSR count). The van der Waals surface area contributed by atoms with E-state index in [0.29, 0.717) is 22.3 Å². The van der Waals surface area contributed by atoms with E-state index in [-0.39, 0.29) is 23.8 Å². The van der Waals surface area contributed by atoms with E-state index >= 15 is 0 Å². The zero-order valence-electron chi connectivity index (χ0n) is 16.2. The number of methoxy groups -OCH3 is 1. The lowest BCUT2D eigenvalue weighted by Gasteiger charge is -2.27. The van der Waals surface area contributed by atoms with E-state index in [9.17, 15) is 9.59 Å². The maximum Gasteiger partial charge on any atom is 0.279 e. The molecule has 1 aliphatic rings. The molecule has 2 aromatic carbocycles. The fourth-order valence-electron chi connectivity index (χ4n) is 3.51. The summed E-state index contributed by atoms with van der Waals surface area (Å²) in [5, 5.41) is 3.45. The van der Waals surface area contributed by atoms with Gasteiger partial charge in [0.2, 0.25) is 5.91 Å². The van der Waals surface area contributed by atoms with Gasteiger partial charge < -0.3 is 14.6 Å². The largest absolute Gasteiger partial charge is 0.497 e. The molecule has 148 valence electrons. The minimum absolute atomic E-state index is 0.112. The van der Waals surface area contributed by atoms with Gasteiger partial charge >= 0.3 is 0 Å². The Morgan fingerprint density at radius 1 is 1.14 bits per heavy atom. The van der Waals surface area contributed by atoms with Crippen LogP contribution in [0.3, 0.4) is 0 Å². The van der Waals surface area contributed by atoms with Crippen LogP contribution < -0.4 is 15.6 Å². The quantitative estimate of drug-likeness (QED) is 0.517. The fourth-order valence-corrected chi connectivity index (χ4v) is 4.43. The van der Waals surface area contributed by atoms with Gasteiger partial charge in [-0.25, -0.2) is 0 Å². The number of thioether (sulfide) groups is 1. The predicted molar refractivity (Wildman–Crippen MR) is 114 cm³/mol. The van der Waals surface area contributed by atoms with Gasteiger partial charge in [-0.15, -0.1) is 0 Å². The Kier molecular flexibility index (Phi) is 5.40. The Hall–Kier alpha value is -3.06. The van der Waals surface area contributed by atoms with Crippen LogP contribution >= 0.6 is 11.8 Å². The van der Waals surface area contributed by atoms with Crippen LogP contribution in [0.15, 0.2) is 64.5 Å². The molecule has 1 aromatic heterocycles. The van der Waals surface area contributed by atoms with Crippen LogP contribution in [0.1, 0.15) is 29.0 Å². The summed E-state index contributed by atoms with van der Waals surface area (Å²) in [5.74, 6) is 1.50. The van der Waals surface area contributed by atoms with Crippen molar-refractivity contribution in [2.24, 2.45) is 7.05 Å². The number of anilines is 1. The Labute approximate surface area is 172 Å². The van der Waals surface area contributed by atoms with Crippen molar-refractivity contribution in [2.75, 3.05) is 12.4 Å². The fraction of sp³-hybridized carbons (Fsp3) is 0.227. The van der Waals surface area contributed by atoms with Gasteiger partial charge in [0.1, 0.15) is 11.6 Å². The van der Waals surface area contributed by atoms with Gasteiger partial charge in [0.25, 0.3) is 5.56 Å². The summed E-state index contributed by atoms with van der Waals surface area (Å²) in [4.78, 5) is 29.7. The first-order valence-corrected chi connectivity index (χ1v) is 10.3. The van der Waals surface area contributed by atoms with Gasteiger partial charge in [0, 0.05) is 25.1 Å². The lowest BCUT2D eigenvalue weighted by atomic mass is 9.87. The average Bonchev–Trinajstić information content (AvgIpc) is 2.75. The average molecular weight is 407 g/mol. The molecular formula is C22H21N3O3S. The third kappa shape index (κ3) is 3.91. The van der Waals surface area contributed by atoms with Crippen LogP contribution in [0.25, 0.3) is 0 Å². The molecule has 0 aliphatic carbocycles. The number of rotatable bonds is 5. The molecule has 29 heavy (non-hydrogen) atoms. The van der Waals surface area contributed by atoms with Crippen LogP contribution in [-0.4, -0.2) is 22.6 Å². The second kappa shape index (κ2) is 8.13. The minimum Gasteiger partial charge on any atom is -0.497 e. The monoisotopic (exact) mass is 407 g/mol. The number of benzene rings is 2. The van der Waals surface area contributed by atoms with E-state index in [4.69, 9.17) is 4.74 Å². The first kappa shape index (κ1) is 19.3. The standard InChI is InChI=1S/C22H21N3O3S/c1-25-20-19(21(27)24-22(25)29-13-14-6-4-3-5-7-14)17(12-18(26)23-20)15-8-10-16(28-2)11-9-15/h3-11,17H,12-13H2,1-2H3,(H,23,26). The summed E-state index contributed by atoms with van der Waals surface area (Å²) in [6.45, 7) is 0. The van der Waals surface area contributed by atoms with E-state index in [2.05, 4.69) is 10.3 Å². The van der Waals surface area contributed by atoms with E-state index < -0.39 is 0 Å². The molecule has 1 N–H and O–H groups in total. The molecule has 0 radical (unpaired) electrons. The number of nitrogens with zero attached hydrogens (tertiary/aromatic N) is 2. The Bertz CT molecular complexity index is 1090. The van der Waals surface area contributed by atoms with Crippen molar-refractivity contribution in [1.29, 1.82) is 0 Å². The van der Waals surface area contributed by atoms with Gasteiger partial charge in [0.15, 0.2) is 5.16 Å². The van der Waals surface area contributed by atoms with Gasteiger partial charge in [-0.2, -0.15) is 4.98 Å². The Morgan fingerprint density at radius 2 is 1.86 bits per heavy atom. The maximum absolute atomic E-state index is 12.9. The molecule has 0 spiro atoms. The van der Waals surface area contributed by atoms with Crippen molar-refractivity contribution >= 4 is 23.5 Å². The second-order valence-corrected chi connectivity index (χ2v) is 7.82. The highest BCUT2D eigenvalue weighted by atomic mass is 32.2. The number of hydrogen-bond acceptors (Lipinski definition) is 5. The summed E-state index contributed by atoms with van der Waals surface area (Å²) < 4.78 is 7.01. The van der Waals surface area contributed by atoms with Crippen LogP contribution in [0, 0.1) is 0 Å². The number of aromatic nitrogens is 2. The van der Waals surface area contributed by atoms with Crippen molar-refractivity contribution in [3.05, 3.63) is 81.6 Å². The van der Waals surface area contributed by atoms with Crippen molar-refractivity contribution < 1.29 is 9.53 Å². The Balaban J connectivity index is 1.71. The van der Waals surface area contributed by atoms with Crippen molar-refractivity contribution in [3.8, 4) is 5.75 Å². The molecular weight excluding hydrogens is 386 g/mol. The molecule has 6 nitrogen and oxygen atoms in total. The summed E-state index contributed by atoms with van der Waals surface area (Å²) in [5.41, 5.74) is 2.27. The number of carbonyl (C=O) groups excluding carboxylic acids is 1. The number of amides is 1. The van der Waals surface area contributed by atoms with Gasteiger partial charge in [0.05, 0.1) is 12.7 Å². The van der Waals surface area contributed by atoms with Crippen LogP contribution in [0.5, 0.6) is 5.75 Å². The third-order valence-corrected chi connectivity index (χ3v) is 6.13. The van der Waals surface area contributed by atoms with Crippen molar-refractivity contribution in [1.82, 2.24) is 9.55 Å². The third-order valence-electron chi connectivity index (χ3n) is 5.03. The zero-order chi connectivity index (χ0) is 20.4. The lowest BCUT2D eigenvalue weighted by molar-refractivity contribution is -0.116. The summed E-state index contributed by atoms with van der Waals surface area (Å²) in [6.07, 6.45) is 0.215. The molecule has 0 fully saturated rings. The Morgan fingerprint density at radius 3 is 2.55 bits per heavy atom. The second-order valence-electron chi connectivity index (χ2n) is 6.87. The number of carbonyl (C=O) groups is 1. The molecule has 3 aromatic rings. The highest BCUT2D eigenvalue weighted by Crippen LogP contribution is 2.36.